The summed E-state index contributed by atoms with van der Waals surface area (Å²) >= 11 is 0. The van der Waals surface area contributed by atoms with E-state index in [0.717, 1.165) is 72.3 Å². The topological polar surface area (TPSA) is 47.9 Å². The van der Waals surface area contributed by atoms with Crippen LogP contribution < -0.4 is 5.32 Å². The smallest absolute Gasteiger partial charge is 0.160 e. The van der Waals surface area contributed by atoms with E-state index in [2.05, 4.69) is 171 Å². The molecule has 5 heterocycles. The van der Waals surface area contributed by atoms with Crippen LogP contribution in [0.25, 0.3) is 82.6 Å². The quantitative estimate of drug-likeness (QED) is 0.205. The number of nitrogens with zero attached hydrogens (tertiary/aromatic N) is 3. The zero-order valence-electron chi connectivity index (χ0n) is 27.5. The molecule has 0 amide bonds. The van der Waals surface area contributed by atoms with Crippen LogP contribution in [0, 0.1) is 0 Å². The number of allylic oxidation sites excluding steroid dienone is 2. The third-order valence-corrected chi connectivity index (χ3v) is 10.4. The number of benzene rings is 6. The van der Waals surface area contributed by atoms with Crippen molar-refractivity contribution in [2.45, 2.75) is 6.04 Å². The number of dihydropyridines is 1. The number of fused-ring (bicyclic) bond motifs is 12. The lowest BCUT2D eigenvalue weighted by molar-refractivity contribution is 0.671. The molecule has 0 bridgehead atoms. The summed E-state index contributed by atoms with van der Waals surface area (Å²) in [5, 5.41) is 10.8. The number of rotatable bonds is 4. The largest absolute Gasteiger partial charge is 0.454 e. The molecule has 1 atom stereocenters. The van der Waals surface area contributed by atoms with Gasteiger partial charge in [-0.3, -0.25) is 4.98 Å². The van der Waals surface area contributed by atoms with Crippen molar-refractivity contribution in [2.75, 3.05) is 0 Å². The fourth-order valence-electron chi connectivity index (χ4n) is 8.30. The zero-order chi connectivity index (χ0) is 33.5. The van der Waals surface area contributed by atoms with Crippen LogP contribution in [0.15, 0.2) is 174 Å². The minimum atomic E-state index is -0.0371. The Kier molecular flexibility index (Phi) is 5.95. The lowest BCUT2D eigenvalue weighted by Gasteiger charge is -2.24. The van der Waals surface area contributed by atoms with Crippen molar-refractivity contribution < 1.29 is 4.42 Å². The first-order chi connectivity index (χ1) is 25.3. The van der Waals surface area contributed by atoms with Crippen molar-refractivity contribution in [1.29, 1.82) is 0 Å². The van der Waals surface area contributed by atoms with E-state index in [0.29, 0.717) is 0 Å². The molecular weight excluding hydrogens is 625 g/mol. The van der Waals surface area contributed by atoms with Crippen molar-refractivity contribution in [3.05, 3.63) is 181 Å². The highest BCUT2D eigenvalue weighted by Crippen LogP contribution is 2.49. The Morgan fingerprint density at radius 2 is 1.25 bits per heavy atom. The van der Waals surface area contributed by atoms with Crippen LogP contribution in [0.4, 0.5) is 0 Å². The fraction of sp³-hybridized carbons (Fsp3) is 0.0217. The Labute approximate surface area is 293 Å². The first-order valence-corrected chi connectivity index (χ1v) is 17.4. The van der Waals surface area contributed by atoms with Gasteiger partial charge in [-0.25, -0.2) is 0 Å². The third-order valence-electron chi connectivity index (χ3n) is 10.4. The Hall–Kier alpha value is -6.85. The molecule has 51 heavy (non-hydrogen) atoms. The molecule has 10 aromatic rings. The number of aromatic nitrogens is 3. The summed E-state index contributed by atoms with van der Waals surface area (Å²) in [4.78, 5) is 4.67. The Morgan fingerprint density at radius 1 is 0.569 bits per heavy atom. The fourth-order valence-corrected chi connectivity index (χ4v) is 8.30. The Bertz CT molecular complexity index is 3050. The molecule has 0 fully saturated rings. The van der Waals surface area contributed by atoms with Crippen LogP contribution in [-0.4, -0.2) is 14.1 Å². The molecule has 0 saturated carbocycles. The molecule has 1 N–H and O–H groups in total. The van der Waals surface area contributed by atoms with Gasteiger partial charge in [-0.15, -0.1) is 0 Å². The van der Waals surface area contributed by atoms with Crippen molar-refractivity contribution in [3.63, 3.8) is 0 Å². The predicted molar refractivity (Wildman–Crippen MR) is 210 cm³/mol. The molecule has 11 rings (SSSR count). The number of para-hydroxylation sites is 5. The SMILES string of the molecule is C1=CC(c2ccccn2)NC(c2ccccc2-n2c3ccccc3c3c4c5ccccc5oc4c4c(c5ccccc5n4-c4ccccc4)c32)=C1. The standard InChI is InChI=1S/C46H30N4O/c1-2-15-29(16-3-1)49-38-25-9-6-19-32(38)43-44-41(42-33-20-7-11-27-40(33)51-46(42)45(43)49)31-18-5-10-26-39(31)50(44)37-24-8-4-17-30(37)34-22-14-23-36(48-34)35-21-12-13-28-47-35/h1-28,36,48H. The lowest BCUT2D eigenvalue weighted by atomic mass is 10.0. The third kappa shape index (κ3) is 4.00. The van der Waals surface area contributed by atoms with Gasteiger partial charge in [0.2, 0.25) is 0 Å². The van der Waals surface area contributed by atoms with Gasteiger partial charge in [-0.05, 0) is 54.6 Å². The summed E-state index contributed by atoms with van der Waals surface area (Å²) in [6.07, 6.45) is 8.33. The van der Waals surface area contributed by atoms with Gasteiger partial charge in [0.1, 0.15) is 5.58 Å². The normalized spacial score (nSPS) is 14.7. The van der Waals surface area contributed by atoms with Crippen molar-refractivity contribution >= 4 is 71.2 Å². The summed E-state index contributed by atoms with van der Waals surface area (Å²) in [6.45, 7) is 0. The maximum atomic E-state index is 6.94. The van der Waals surface area contributed by atoms with E-state index in [-0.39, 0.29) is 6.04 Å². The first kappa shape index (κ1) is 28.0. The van der Waals surface area contributed by atoms with Crippen molar-refractivity contribution in [2.24, 2.45) is 0 Å². The maximum Gasteiger partial charge on any atom is 0.160 e. The molecule has 6 aromatic carbocycles. The van der Waals surface area contributed by atoms with Crippen LogP contribution in [0.1, 0.15) is 17.3 Å². The Balaban J connectivity index is 1.33. The molecule has 5 heteroatoms. The number of nitrogens with one attached hydrogen (secondary N) is 1. The predicted octanol–water partition coefficient (Wildman–Crippen LogP) is 11.4. The minimum absolute atomic E-state index is 0.0371. The van der Waals surface area contributed by atoms with Gasteiger partial charge in [-0.2, -0.15) is 0 Å². The van der Waals surface area contributed by atoms with Crippen molar-refractivity contribution in [3.8, 4) is 11.4 Å². The molecular formula is C46H30N4O. The van der Waals surface area contributed by atoms with Gasteiger partial charge < -0.3 is 18.9 Å². The van der Waals surface area contributed by atoms with E-state index >= 15 is 0 Å². The van der Waals surface area contributed by atoms with E-state index in [9.17, 15) is 0 Å². The van der Waals surface area contributed by atoms with Crippen LogP contribution in [0.2, 0.25) is 0 Å². The molecule has 0 aliphatic carbocycles. The summed E-state index contributed by atoms with van der Waals surface area (Å²) in [5.74, 6) is 0. The average Bonchev–Trinajstić information content (AvgIpc) is 3.87. The molecule has 0 radical (unpaired) electrons. The summed E-state index contributed by atoms with van der Waals surface area (Å²) < 4.78 is 11.8. The van der Waals surface area contributed by atoms with E-state index in [1.165, 1.54) is 21.5 Å². The van der Waals surface area contributed by atoms with Gasteiger partial charge in [-0.1, -0.05) is 109 Å². The highest BCUT2D eigenvalue weighted by atomic mass is 16.3. The van der Waals surface area contributed by atoms with Crippen molar-refractivity contribution in [1.82, 2.24) is 19.4 Å². The van der Waals surface area contributed by atoms with Crippen LogP contribution in [0.3, 0.4) is 0 Å². The van der Waals surface area contributed by atoms with E-state index in [1.54, 1.807) is 0 Å². The van der Waals surface area contributed by atoms with Gasteiger partial charge in [0.15, 0.2) is 5.58 Å². The van der Waals surface area contributed by atoms with Crippen LogP contribution in [-0.2, 0) is 0 Å². The summed E-state index contributed by atoms with van der Waals surface area (Å²) in [7, 11) is 0. The van der Waals surface area contributed by atoms with Crippen LogP contribution in [0.5, 0.6) is 0 Å². The van der Waals surface area contributed by atoms with E-state index in [1.807, 2.05) is 18.3 Å². The lowest BCUT2D eigenvalue weighted by Crippen LogP contribution is -2.22. The van der Waals surface area contributed by atoms with Gasteiger partial charge in [0, 0.05) is 55.5 Å². The summed E-state index contributed by atoms with van der Waals surface area (Å²) in [6, 6.07) is 51.5. The maximum absolute atomic E-state index is 6.94. The molecule has 240 valence electrons. The van der Waals surface area contributed by atoms with Gasteiger partial charge in [0.25, 0.3) is 0 Å². The minimum Gasteiger partial charge on any atom is -0.454 e. The monoisotopic (exact) mass is 654 g/mol. The number of furan rings is 1. The molecule has 4 aromatic heterocycles. The van der Waals surface area contributed by atoms with E-state index < -0.39 is 0 Å². The van der Waals surface area contributed by atoms with Gasteiger partial charge in [0.05, 0.1) is 39.5 Å². The highest BCUT2D eigenvalue weighted by Gasteiger charge is 2.28. The average molecular weight is 655 g/mol. The number of pyridine rings is 1. The van der Waals surface area contributed by atoms with Gasteiger partial charge >= 0.3 is 0 Å². The molecule has 5 nitrogen and oxygen atoms in total. The van der Waals surface area contributed by atoms with E-state index in [4.69, 9.17) is 4.42 Å². The van der Waals surface area contributed by atoms with Crippen LogP contribution >= 0.6 is 0 Å². The first-order valence-electron chi connectivity index (χ1n) is 17.4. The molecule has 0 saturated heterocycles. The second-order valence-corrected chi connectivity index (χ2v) is 13.1. The zero-order valence-corrected chi connectivity index (χ0v) is 27.5. The molecule has 1 aliphatic heterocycles. The second-order valence-electron chi connectivity index (χ2n) is 13.1. The highest BCUT2D eigenvalue weighted by molar-refractivity contribution is 6.39. The number of hydrogen-bond acceptors (Lipinski definition) is 3. The summed E-state index contributed by atoms with van der Waals surface area (Å²) in [5.41, 5.74) is 11.6. The molecule has 0 spiro atoms. The Morgan fingerprint density at radius 3 is 2.08 bits per heavy atom. The molecule has 1 unspecified atom stereocenters. The number of hydrogen-bond donors (Lipinski definition) is 1. The second kappa shape index (κ2) is 10.8. The molecule has 1 aliphatic rings.